The summed E-state index contributed by atoms with van der Waals surface area (Å²) in [5.74, 6) is 0.357. The van der Waals surface area contributed by atoms with E-state index < -0.39 is 10.0 Å². The van der Waals surface area contributed by atoms with E-state index in [-0.39, 0.29) is 4.90 Å². The number of anilines is 1. The Bertz CT molecular complexity index is 1090. The summed E-state index contributed by atoms with van der Waals surface area (Å²) in [6.45, 7) is 8.67. The minimum absolute atomic E-state index is 0.254. The molecule has 1 heterocycles. The molecular formula is C21H24BrN3O2S. The van der Waals surface area contributed by atoms with Gasteiger partial charge in [-0.05, 0) is 71.1 Å². The SMILES string of the molecule is Cc1nn(Cc2cccc(NS(=O)(=O)c3ccc(C(C)C)cc3)c2)c(C)c1Br. The van der Waals surface area contributed by atoms with Crippen molar-refractivity contribution in [1.82, 2.24) is 9.78 Å². The van der Waals surface area contributed by atoms with Crippen molar-refractivity contribution in [1.29, 1.82) is 0 Å². The molecule has 0 spiro atoms. The Balaban J connectivity index is 1.80. The van der Waals surface area contributed by atoms with E-state index in [9.17, 15) is 8.42 Å². The van der Waals surface area contributed by atoms with Crippen molar-refractivity contribution < 1.29 is 8.42 Å². The van der Waals surface area contributed by atoms with Crippen molar-refractivity contribution in [3.8, 4) is 0 Å². The van der Waals surface area contributed by atoms with Gasteiger partial charge < -0.3 is 0 Å². The van der Waals surface area contributed by atoms with Gasteiger partial charge in [0.1, 0.15) is 0 Å². The molecule has 7 heteroatoms. The molecule has 0 fully saturated rings. The van der Waals surface area contributed by atoms with Crippen molar-refractivity contribution >= 4 is 31.6 Å². The van der Waals surface area contributed by atoms with Crippen LogP contribution < -0.4 is 4.72 Å². The first-order valence-corrected chi connectivity index (χ1v) is 11.4. The molecule has 0 unspecified atom stereocenters. The van der Waals surface area contributed by atoms with Gasteiger partial charge in [-0.2, -0.15) is 5.10 Å². The highest BCUT2D eigenvalue weighted by Gasteiger charge is 2.15. The van der Waals surface area contributed by atoms with Crippen LogP contribution in [-0.2, 0) is 16.6 Å². The molecular weight excluding hydrogens is 438 g/mol. The number of nitrogens with zero attached hydrogens (tertiary/aromatic N) is 2. The number of aryl methyl sites for hydroxylation is 1. The molecule has 0 aliphatic heterocycles. The number of hydrogen-bond donors (Lipinski definition) is 1. The number of hydrogen-bond acceptors (Lipinski definition) is 3. The molecule has 3 rings (SSSR count). The summed E-state index contributed by atoms with van der Waals surface area (Å²) in [6, 6.07) is 14.4. The van der Waals surface area contributed by atoms with Crippen LogP contribution in [0.4, 0.5) is 5.69 Å². The van der Waals surface area contributed by atoms with E-state index >= 15 is 0 Å². The number of aromatic nitrogens is 2. The summed E-state index contributed by atoms with van der Waals surface area (Å²) in [5, 5.41) is 4.51. The summed E-state index contributed by atoms with van der Waals surface area (Å²) in [5.41, 5.74) is 4.57. The van der Waals surface area contributed by atoms with Crippen molar-refractivity contribution in [2.24, 2.45) is 0 Å². The molecule has 3 aromatic rings. The minimum atomic E-state index is -3.64. The molecule has 0 saturated carbocycles. The van der Waals surface area contributed by atoms with Crippen LogP contribution in [0.2, 0.25) is 0 Å². The first kappa shape index (κ1) is 20.6. The van der Waals surface area contributed by atoms with E-state index in [1.54, 1.807) is 18.2 Å². The number of benzene rings is 2. The smallest absolute Gasteiger partial charge is 0.261 e. The van der Waals surface area contributed by atoms with E-state index in [1.165, 1.54) is 0 Å². The van der Waals surface area contributed by atoms with E-state index in [1.807, 2.05) is 48.9 Å². The van der Waals surface area contributed by atoms with Crippen LogP contribution in [0.1, 0.15) is 42.3 Å². The monoisotopic (exact) mass is 461 g/mol. The number of halogens is 1. The second kappa shape index (κ2) is 8.09. The molecule has 1 N–H and O–H groups in total. The molecule has 0 atom stereocenters. The van der Waals surface area contributed by atoms with Crippen LogP contribution in [0.5, 0.6) is 0 Å². The maximum atomic E-state index is 12.7. The Labute approximate surface area is 175 Å². The van der Waals surface area contributed by atoms with Gasteiger partial charge in [-0.3, -0.25) is 9.40 Å². The lowest BCUT2D eigenvalue weighted by molar-refractivity contribution is 0.601. The van der Waals surface area contributed by atoms with Crippen LogP contribution >= 0.6 is 15.9 Å². The fraction of sp³-hybridized carbons (Fsp3) is 0.286. The summed E-state index contributed by atoms with van der Waals surface area (Å²) in [4.78, 5) is 0.254. The highest BCUT2D eigenvalue weighted by atomic mass is 79.9. The first-order valence-electron chi connectivity index (χ1n) is 9.08. The van der Waals surface area contributed by atoms with Gasteiger partial charge in [0.15, 0.2) is 0 Å². The fourth-order valence-electron chi connectivity index (χ4n) is 2.98. The molecule has 5 nitrogen and oxygen atoms in total. The standard InChI is InChI=1S/C21H24BrN3O2S/c1-14(2)18-8-10-20(11-9-18)28(26,27)24-19-7-5-6-17(12-19)13-25-16(4)21(22)15(3)23-25/h5-12,14,24H,13H2,1-4H3. The van der Waals surface area contributed by atoms with Crippen LogP contribution in [0.25, 0.3) is 0 Å². The highest BCUT2D eigenvalue weighted by Crippen LogP contribution is 2.23. The highest BCUT2D eigenvalue weighted by molar-refractivity contribution is 9.10. The van der Waals surface area contributed by atoms with E-state index in [0.717, 1.165) is 27.0 Å². The Kier molecular flexibility index (Phi) is 5.95. The van der Waals surface area contributed by atoms with Gasteiger partial charge in [-0.1, -0.05) is 38.1 Å². The number of nitrogens with one attached hydrogen (secondary N) is 1. The van der Waals surface area contributed by atoms with E-state index in [2.05, 4.69) is 39.6 Å². The van der Waals surface area contributed by atoms with Crippen LogP contribution in [-0.4, -0.2) is 18.2 Å². The third kappa shape index (κ3) is 4.47. The van der Waals surface area contributed by atoms with Crippen LogP contribution in [0.15, 0.2) is 57.9 Å². The average Bonchev–Trinajstić information content (AvgIpc) is 2.88. The lowest BCUT2D eigenvalue weighted by Crippen LogP contribution is -2.13. The predicted octanol–water partition coefficient (Wildman–Crippen LogP) is 5.23. The molecule has 0 saturated heterocycles. The molecule has 148 valence electrons. The molecule has 0 radical (unpaired) electrons. The third-order valence-corrected chi connectivity index (χ3v) is 7.21. The quantitative estimate of drug-likeness (QED) is 0.545. The molecule has 28 heavy (non-hydrogen) atoms. The molecule has 0 bridgehead atoms. The van der Waals surface area contributed by atoms with Gasteiger partial charge >= 0.3 is 0 Å². The topological polar surface area (TPSA) is 64.0 Å². The van der Waals surface area contributed by atoms with Gasteiger partial charge in [0, 0.05) is 5.69 Å². The lowest BCUT2D eigenvalue weighted by Gasteiger charge is -2.11. The lowest BCUT2D eigenvalue weighted by atomic mass is 10.0. The van der Waals surface area contributed by atoms with Gasteiger partial charge in [0.2, 0.25) is 0 Å². The number of rotatable bonds is 6. The molecule has 1 aromatic heterocycles. The van der Waals surface area contributed by atoms with E-state index in [4.69, 9.17) is 0 Å². The Hall–Kier alpha value is -2.12. The molecule has 0 aliphatic rings. The second-order valence-corrected chi connectivity index (χ2v) is 9.65. The Morgan fingerprint density at radius 1 is 1.11 bits per heavy atom. The fourth-order valence-corrected chi connectivity index (χ4v) is 4.31. The van der Waals surface area contributed by atoms with Crippen LogP contribution in [0.3, 0.4) is 0 Å². The van der Waals surface area contributed by atoms with Crippen molar-refractivity contribution in [2.45, 2.75) is 45.1 Å². The molecule has 0 amide bonds. The van der Waals surface area contributed by atoms with Crippen molar-refractivity contribution in [3.63, 3.8) is 0 Å². The van der Waals surface area contributed by atoms with Crippen molar-refractivity contribution in [2.75, 3.05) is 4.72 Å². The summed E-state index contributed by atoms with van der Waals surface area (Å²) in [6.07, 6.45) is 0. The largest absolute Gasteiger partial charge is 0.280 e. The van der Waals surface area contributed by atoms with Crippen molar-refractivity contribution in [3.05, 3.63) is 75.5 Å². The predicted molar refractivity (Wildman–Crippen MR) is 116 cm³/mol. The normalized spacial score (nSPS) is 11.8. The van der Waals surface area contributed by atoms with Gasteiger partial charge in [0.05, 0.1) is 27.3 Å². The average molecular weight is 462 g/mol. The minimum Gasteiger partial charge on any atom is -0.280 e. The van der Waals surface area contributed by atoms with Gasteiger partial charge in [0.25, 0.3) is 10.0 Å². The zero-order valence-corrected chi connectivity index (χ0v) is 18.8. The number of sulfonamides is 1. The van der Waals surface area contributed by atoms with Gasteiger partial charge in [-0.25, -0.2) is 8.42 Å². The maximum absolute atomic E-state index is 12.7. The summed E-state index contributed by atoms with van der Waals surface area (Å²) < 4.78 is 31.0. The second-order valence-electron chi connectivity index (χ2n) is 7.17. The maximum Gasteiger partial charge on any atom is 0.261 e. The zero-order valence-electron chi connectivity index (χ0n) is 16.4. The van der Waals surface area contributed by atoms with Gasteiger partial charge in [-0.15, -0.1) is 0 Å². The summed E-state index contributed by atoms with van der Waals surface area (Å²) in [7, 11) is -3.64. The zero-order chi connectivity index (χ0) is 20.5. The molecule has 2 aromatic carbocycles. The summed E-state index contributed by atoms with van der Waals surface area (Å²) >= 11 is 3.53. The van der Waals surface area contributed by atoms with Crippen LogP contribution in [0, 0.1) is 13.8 Å². The first-order chi connectivity index (χ1) is 13.2. The Morgan fingerprint density at radius 3 is 2.36 bits per heavy atom. The molecule has 0 aliphatic carbocycles. The third-order valence-electron chi connectivity index (χ3n) is 4.66. The Morgan fingerprint density at radius 2 is 1.79 bits per heavy atom. The van der Waals surface area contributed by atoms with E-state index in [0.29, 0.717) is 18.2 Å².